The van der Waals surface area contributed by atoms with E-state index < -0.39 is 4.92 Å². The highest BCUT2D eigenvalue weighted by molar-refractivity contribution is 7.99. The minimum atomic E-state index is -0.577. The lowest BCUT2D eigenvalue weighted by Gasteiger charge is -2.16. The molecule has 11 heteroatoms. The summed E-state index contributed by atoms with van der Waals surface area (Å²) in [5.41, 5.74) is 3.13. The van der Waals surface area contributed by atoms with Crippen LogP contribution in [-0.2, 0) is 4.79 Å². The van der Waals surface area contributed by atoms with E-state index in [1.807, 2.05) is 13.0 Å². The van der Waals surface area contributed by atoms with Gasteiger partial charge in [-0.3, -0.25) is 14.9 Å². The lowest BCUT2D eigenvalue weighted by atomic mass is 10.2. The molecule has 0 bridgehead atoms. The minimum absolute atomic E-state index is 0.0914. The third-order valence-corrected chi connectivity index (χ3v) is 5.09. The number of hydrogen-bond donors (Lipinski definition) is 2. The summed E-state index contributed by atoms with van der Waals surface area (Å²) in [5.74, 6) is 0.238. The van der Waals surface area contributed by atoms with Gasteiger partial charge >= 0.3 is 0 Å². The summed E-state index contributed by atoms with van der Waals surface area (Å²) < 4.78 is 0. The minimum Gasteiger partial charge on any atom is -0.507 e. The van der Waals surface area contributed by atoms with Crippen molar-refractivity contribution >= 4 is 35.5 Å². The molecule has 1 amide bonds. The van der Waals surface area contributed by atoms with E-state index in [1.54, 1.807) is 0 Å². The summed E-state index contributed by atoms with van der Waals surface area (Å²) in [7, 11) is 0. The summed E-state index contributed by atoms with van der Waals surface area (Å²) >= 11 is 1.27. The number of nitrogens with zero attached hydrogens (tertiary/aromatic N) is 5. The molecule has 1 saturated heterocycles. The second-order valence-electron chi connectivity index (χ2n) is 6.42. The number of anilines is 1. The van der Waals surface area contributed by atoms with Gasteiger partial charge < -0.3 is 10.0 Å². The Morgan fingerprint density at radius 3 is 2.86 bits per heavy atom. The van der Waals surface area contributed by atoms with E-state index in [1.165, 1.54) is 30.0 Å². The molecule has 0 spiro atoms. The molecule has 0 radical (unpaired) electrons. The number of nitrogens with one attached hydrogen (secondary N) is 1. The Labute approximate surface area is 171 Å². The van der Waals surface area contributed by atoms with E-state index in [2.05, 4.69) is 25.4 Å². The van der Waals surface area contributed by atoms with Crippen molar-refractivity contribution in [2.24, 2.45) is 5.10 Å². The van der Waals surface area contributed by atoms with Gasteiger partial charge in [-0.05, 0) is 31.9 Å². The Hall–Kier alpha value is -3.21. The van der Waals surface area contributed by atoms with E-state index in [9.17, 15) is 20.0 Å². The van der Waals surface area contributed by atoms with Crippen molar-refractivity contribution in [2.45, 2.75) is 24.8 Å². The van der Waals surface area contributed by atoms with Crippen molar-refractivity contribution in [1.29, 1.82) is 0 Å². The van der Waals surface area contributed by atoms with Crippen molar-refractivity contribution in [1.82, 2.24) is 15.4 Å². The van der Waals surface area contributed by atoms with Crippen LogP contribution in [0.3, 0.4) is 0 Å². The van der Waals surface area contributed by atoms with Crippen LogP contribution in [0.2, 0.25) is 0 Å². The number of phenolic OH excluding ortho intramolecular Hbond substituents is 1. The number of aromatic hydroxyl groups is 1. The largest absolute Gasteiger partial charge is 0.507 e. The van der Waals surface area contributed by atoms with Crippen molar-refractivity contribution in [3.63, 3.8) is 0 Å². The second-order valence-corrected chi connectivity index (χ2v) is 7.42. The zero-order valence-electron chi connectivity index (χ0n) is 15.7. The zero-order chi connectivity index (χ0) is 20.8. The van der Waals surface area contributed by atoms with Gasteiger partial charge in [0.05, 0.1) is 16.9 Å². The number of amides is 1. The predicted octanol–water partition coefficient (Wildman–Crippen LogP) is 2.24. The number of thioether (sulfide) groups is 1. The first kappa shape index (κ1) is 20.5. The van der Waals surface area contributed by atoms with Crippen molar-refractivity contribution in [3.8, 4) is 5.75 Å². The number of hydrogen-bond acceptors (Lipinski definition) is 9. The fraction of sp³-hybridized carbons (Fsp3) is 0.333. The zero-order valence-corrected chi connectivity index (χ0v) is 16.6. The number of carbonyl (C=O) groups is 1. The Balaban J connectivity index is 1.56. The lowest BCUT2D eigenvalue weighted by molar-refractivity contribution is -0.384. The molecule has 0 saturated carbocycles. The van der Waals surface area contributed by atoms with Crippen LogP contribution in [0, 0.1) is 17.0 Å². The van der Waals surface area contributed by atoms with Gasteiger partial charge in [0.1, 0.15) is 10.8 Å². The fourth-order valence-corrected chi connectivity index (χ4v) is 3.51. The molecule has 10 nitrogen and oxygen atoms in total. The molecule has 1 fully saturated rings. The molecular formula is C18H20N6O4S. The average Bonchev–Trinajstić information content (AvgIpc) is 3.22. The van der Waals surface area contributed by atoms with Gasteiger partial charge in [0, 0.05) is 36.5 Å². The molecule has 2 N–H and O–H groups in total. The smallest absolute Gasteiger partial charge is 0.270 e. The number of aryl methyl sites for hydroxylation is 1. The van der Waals surface area contributed by atoms with Crippen molar-refractivity contribution in [2.75, 3.05) is 23.7 Å². The number of hydrazone groups is 1. The van der Waals surface area contributed by atoms with Crippen LogP contribution < -0.4 is 10.3 Å². The summed E-state index contributed by atoms with van der Waals surface area (Å²) in [6, 6.07) is 5.37. The number of rotatable bonds is 7. The Morgan fingerprint density at radius 1 is 1.38 bits per heavy atom. The molecule has 152 valence electrons. The van der Waals surface area contributed by atoms with Crippen LogP contribution in [0.15, 0.2) is 34.4 Å². The highest BCUT2D eigenvalue weighted by atomic mass is 32.2. The van der Waals surface area contributed by atoms with Crippen LogP contribution >= 0.6 is 11.8 Å². The van der Waals surface area contributed by atoms with Crippen molar-refractivity contribution < 1.29 is 14.8 Å². The number of phenols is 1. The van der Waals surface area contributed by atoms with Gasteiger partial charge in [-0.25, -0.2) is 15.4 Å². The highest BCUT2D eigenvalue weighted by Gasteiger charge is 2.16. The molecule has 1 aliphatic rings. The number of aromatic nitrogens is 2. The molecule has 0 atom stereocenters. The van der Waals surface area contributed by atoms with E-state index >= 15 is 0 Å². The molecule has 1 aromatic heterocycles. The van der Waals surface area contributed by atoms with Gasteiger partial charge in [0.25, 0.3) is 5.69 Å². The molecule has 2 aromatic rings. The fourth-order valence-electron chi connectivity index (χ4n) is 2.76. The summed E-state index contributed by atoms with van der Waals surface area (Å²) in [5, 5.41) is 25.0. The van der Waals surface area contributed by atoms with E-state index in [-0.39, 0.29) is 28.7 Å². The molecule has 0 aliphatic carbocycles. The topological polar surface area (TPSA) is 134 Å². The van der Waals surface area contributed by atoms with Gasteiger partial charge in [-0.15, -0.1) is 0 Å². The van der Waals surface area contributed by atoms with E-state index in [0.717, 1.165) is 37.8 Å². The molecule has 1 aliphatic heterocycles. The Morgan fingerprint density at radius 2 is 2.14 bits per heavy atom. The van der Waals surface area contributed by atoms with Crippen LogP contribution in [-0.4, -0.2) is 51.0 Å². The first-order valence-corrected chi connectivity index (χ1v) is 9.93. The number of nitro groups is 1. The maximum atomic E-state index is 12.0. The van der Waals surface area contributed by atoms with E-state index in [4.69, 9.17) is 0 Å². The number of carbonyl (C=O) groups excluding carboxylic acids is 1. The Bertz CT molecular complexity index is 946. The number of non-ortho nitro benzene ring substituents is 1. The number of nitro benzene ring substituents is 1. The summed E-state index contributed by atoms with van der Waals surface area (Å²) in [4.78, 5) is 33.3. The first-order chi connectivity index (χ1) is 13.9. The SMILES string of the molecule is Cc1cc(SCC(=O)NN=Cc2cc([N+](=O)[O-])ccc2O)nc(N2CCCC2)n1. The molecule has 3 rings (SSSR count). The van der Waals surface area contributed by atoms with Crippen molar-refractivity contribution in [3.05, 3.63) is 45.6 Å². The number of benzene rings is 1. The van der Waals surface area contributed by atoms with Crippen LogP contribution in [0.25, 0.3) is 0 Å². The summed E-state index contributed by atoms with van der Waals surface area (Å²) in [6.07, 6.45) is 3.41. The third kappa shape index (κ3) is 5.64. The second kappa shape index (κ2) is 9.32. The van der Waals surface area contributed by atoms with Gasteiger partial charge in [-0.2, -0.15) is 5.10 Å². The third-order valence-electron chi connectivity index (χ3n) is 4.17. The van der Waals surface area contributed by atoms with Crippen LogP contribution in [0.4, 0.5) is 11.6 Å². The van der Waals surface area contributed by atoms with Gasteiger partial charge in [0.2, 0.25) is 11.9 Å². The van der Waals surface area contributed by atoms with Crippen LogP contribution in [0.5, 0.6) is 5.75 Å². The standard InChI is InChI=1S/C18H20N6O4S/c1-12-8-17(21-18(20-12)23-6-2-3-7-23)29-11-16(26)22-19-10-13-9-14(24(27)28)4-5-15(13)25/h4-5,8-10,25H,2-3,6-7,11H2,1H3,(H,22,26). The monoisotopic (exact) mass is 416 g/mol. The Kier molecular flexibility index (Phi) is 6.60. The maximum absolute atomic E-state index is 12.0. The highest BCUT2D eigenvalue weighted by Crippen LogP contribution is 2.22. The van der Waals surface area contributed by atoms with Gasteiger partial charge in [-0.1, -0.05) is 11.8 Å². The predicted molar refractivity (Wildman–Crippen MR) is 109 cm³/mol. The molecule has 2 heterocycles. The normalized spacial score (nSPS) is 13.8. The summed E-state index contributed by atoms with van der Waals surface area (Å²) in [6.45, 7) is 3.77. The molecule has 1 aromatic carbocycles. The molecule has 0 unspecified atom stereocenters. The molecule has 29 heavy (non-hydrogen) atoms. The van der Waals surface area contributed by atoms with Gasteiger partial charge in [0.15, 0.2) is 0 Å². The van der Waals surface area contributed by atoms with E-state index in [0.29, 0.717) is 11.0 Å². The van der Waals surface area contributed by atoms with Crippen LogP contribution in [0.1, 0.15) is 24.1 Å². The average molecular weight is 416 g/mol. The molecular weight excluding hydrogens is 396 g/mol. The first-order valence-electron chi connectivity index (χ1n) is 8.95. The lowest BCUT2D eigenvalue weighted by Crippen LogP contribution is -2.21. The maximum Gasteiger partial charge on any atom is 0.270 e. The quantitative estimate of drug-likeness (QED) is 0.231.